The fourth-order valence-electron chi connectivity index (χ4n) is 11.2. The molecule has 0 fully saturated rings. The van der Waals surface area contributed by atoms with Crippen LogP contribution in [0.4, 0.5) is 17.1 Å². The summed E-state index contributed by atoms with van der Waals surface area (Å²) in [5.74, 6) is 0. The second-order valence-corrected chi connectivity index (χ2v) is 18.1. The number of nitrogens with zero attached hydrogens (tertiary/aromatic N) is 5. The summed E-state index contributed by atoms with van der Waals surface area (Å²) in [5, 5.41) is 0. The molecular weight excluding hydrogens is 851 g/mol. The van der Waals surface area contributed by atoms with Gasteiger partial charge in [0.2, 0.25) is 0 Å². The van der Waals surface area contributed by atoms with Crippen LogP contribution in [0, 0.1) is 0 Å². The van der Waals surface area contributed by atoms with Gasteiger partial charge in [0.05, 0.1) is 50.3 Å². The highest BCUT2D eigenvalue weighted by molar-refractivity contribution is 5.97. The maximum Gasteiger partial charge on any atom is 0.0973 e. The van der Waals surface area contributed by atoms with Crippen molar-refractivity contribution >= 4 is 39.1 Å². The molecule has 2 aliphatic carbocycles. The van der Waals surface area contributed by atoms with Crippen molar-refractivity contribution in [1.82, 2.24) is 19.9 Å². The fraction of sp³-hybridized carbons (Fsp3) is 0.0154. The highest BCUT2D eigenvalue weighted by Crippen LogP contribution is 2.63. The monoisotopic (exact) mass is 891 g/mol. The van der Waals surface area contributed by atoms with Gasteiger partial charge in [-0.25, -0.2) is 19.9 Å². The quantitative estimate of drug-likeness (QED) is 0.160. The van der Waals surface area contributed by atoms with Crippen molar-refractivity contribution in [3.05, 3.63) is 271 Å². The summed E-state index contributed by atoms with van der Waals surface area (Å²) in [6.07, 6.45) is 0. The molecule has 14 rings (SSSR count). The second kappa shape index (κ2) is 15.9. The Hall–Kier alpha value is -9.32. The third kappa shape index (κ3) is 6.11. The van der Waals surface area contributed by atoms with Crippen LogP contribution in [0.2, 0.25) is 0 Å². The average molecular weight is 892 g/mol. The van der Waals surface area contributed by atoms with Gasteiger partial charge < -0.3 is 4.90 Å². The molecule has 0 bridgehead atoms. The summed E-state index contributed by atoms with van der Waals surface area (Å²) in [4.78, 5) is 23.2. The molecule has 5 heteroatoms. The summed E-state index contributed by atoms with van der Waals surface area (Å²) in [5.41, 5.74) is 23.8. The highest BCUT2D eigenvalue weighted by Gasteiger charge is 2.51. The van der Waals surface area contributed by atoms with Crippen molar-refractivity contribution < 1.29 is 0 Å². The molecule has 2 heterocycles. The first-order valence-electron chi connectivity index (χ1n) is 23.8. The number of anilines is 3. The molecule has 0 saturated carbocycles. The van der Waals surface area contributed by atoms with E-state index in [1.807, 2.05) is 60.7 Å². The number of rotatable bonds is 7. The maximum atomic E-state index is 5.25. The van der Waals surface area contributed by atoms with Crippen LogP contribution in [0.15, 0.2) is 249 Å². The van der Waals surface area contributed by atoms with E-state index >= 15 is 0 Å². The summed E-state index contributed by atoms with van der Waals surface area (Å²) >= 11 is 0. The minimum atomic E-state index is -0.486. The molecule has 10 aromatic carbocycles. The molecule has 0 radical (unpaired) electrons. The molecule has 0 unspecified atom stereocenters. The van der Waals surface area contributed by atoms with Crippen molar-refractivity contribution in [3.63, 3.8) is 0 Å². The van der Waals surface area contributed by atoms with Crippen molar-refractivity contribution in [1.29, 1.82) is 0 Å². The van der Waals surface area contributed by atoms with Crippen LogP contribution < -0.4 is 4.90 Å². The second-order valence-electron chi connectivity index (χ2n) is 18.1. The Bertz CT molecular complexity index is 3770. The Kier molecular flexibility index (Phi) is 9.04. The molecule has 0 atom stereocenters. The van der Waals surface area contributed by atoms with Gasteiger partial charge in [-0.15, -0.1) is 0 Å². The summed E-state index contributed by atoms with van der Waals surface area (Å²) in [7, 11) is 0. The first-order chi connectivity index (χ1) is 34.7. The van der Waals surface area contributed by atoms with Crippen LogP contribution in [-0.2, 0) is 5.41 Å². The van der Waals surface area contributed by atoms with E-state index in [1.165, 1.54) is 44.5 Å². The van der Waals surface area contributed by atoms with E-state index in [1.54, 1.807) is 0 Å². The van der Waals surface area contributed by atoms with Gasteiger partial charge in [-0.3, -0.25) is 0 Å². The number of fused-ring (bicyclic) bond motifs is 12. The molecule has 0 aliphatic heterocycles. The van der Waals surface area contributed by atoms with E-state index in [-0.39, 0.29) is 0 Å². The Morgan fingerprint density at radius 3 is 0.929 bits per heavy atom. The first kappa shape index (κ1) is 39.8. The summed E-state index contributed by atoms with van der Waals surface area (Å²) in [6.45, 7) is 0. The Labute approximate surface area is 405 Å². The van der Waals surface area contributed by atoms with Gasteiger partial charge in [-0.2, -0.15) is 0 Å². The lowest BCUT2D eigenvalue weighted by molar-refractivity contribution is 0.793. The predicted octanol–water partition coefficient (Wildman–Crippen LogP) is 16.1. The third-order valence-corrected chi connectivity index (χ3v) is 14.3. The first-order valence-corrected chi connectivity index (χ1v) is 23.8. The van der Waals surface area contributed by atoms with E-state index in [2.05, 4.69) is 193 Å². The molecule has 2 aliphatic rings. The average Bonchev–Trinajstić information content (AvgIpc) is 3.90. The van der Waals surface area contributed by atoms with Gasteiger partial charge in [0, 0.05) is 39.3 Å². The van der Waals surface area contributed by atoms with Crippen LogP contribution in [0.5, 0.6) is 0 Å². The minimum Gasteiger partial charge on any atom is -0.310 e. The summed E-state index contributed by atoms with van der Waals surface area (Å²) in [6, 6.07) is 88.6. The van der Waals surface area contributed by atoms with Crippen molar-refractivity contribution in [2.75, 3.05) is 4.90 Å². The Morgan fingerprint density at radius 1 is 0.243 bits per heavy atom. The largest absolute Gasteiger partial charge is 0.310 e. The van der Waals surface area contributed by atoms with Crippen LogP contribution >= 0.6 is 0 Å². The number of aromatic nitrogens is 4. The molecular formula is C65H41N5. The van der Waals surface area contributed by atoms with Crippen molar-refractivity contribution in [2.24, 2.45) is 0 Å². The standard InChI is InChI=1S/C65H41N5/c1-3-17-42(18-4-1)61-63(68-59-29-15-13-27-57(59)66-61)44-31-35-46(36-32-44)70(47-37-33-45(34-38-47)64-62(43-19-5-2-6-20-43)67-58-28-14-16-30-60(58)69-64)48-39-40-52-51-23-9-12-26-55(51)65(56(52)41-48)53-24-10-7-21-49(53)50-22-8-11-25-54(50)65/h1-41H. The molecule has 2 aromatic heterocycles. The number of hydrogen-bond acceptors (Lipinski definition) is 5. The molecule has 12 aromatic rings. The van der Waals surface area contributed by atoms with Gasteiger partial charge in [0.1, 0.15) is 0 Å². The van der Waals surface area contributed by atoms with E-state index in [4.69, 9.17) is 19.9 Å². The number of benzene rings is 10. The zero-order chi connectivity index (χ0) is 46.2. The minimum absolute atomic E-state index is 0.486. The molecule has 70 heavy (non-hydrogen) atoms. The molecule has 326 valence electrons. The SMILES string of the molecule is c1ccc(-c2nc3ccccc3nc2-c2ccc(N(c3ccc(-c4nc5ccccc5nc4-c4ccccc4)cc3)c3ccc4c(c3)C3(c5ccccc5-c5ccccc53)c3ccccc3-4)cc2)cc1. The van der Waals surface area contributed by atoms with Gasteiger partial charge in [-0.1, -0.05) is 188 Å². The van der Waals surface area contributed by atoms with E-state index < -0.39 is 5.41 Å². The van der Waals surface area contributed by atoms with Crippen molar-refractivity contribution in [3.8, 4) is 67.3 Å². The van der Waals surface area contributed by atoms with Gasteiger partial charge >= 0.3 is 0 Å². The van der Waals surface area contributed by atoms with E-state index in [0.717, 1.165) is 84.2 Å². The number of para-hydroxylation sites is 4. The smallest absolute Gasteiger partial charge is 0.0973 e. The lowest BCUT2D eigenvalue weighted by atomic mass is 9.70. The van der Waals surface area contributed by atoms with Crippen LogP contribution in [0.3, 0.4) is 0 Å². The van der Waals surface area contributed by atoms with Gasteiger partial charge in [0.15, 0.2) is 0 Å². The fourth-order valence-corrected chi connectivity index (χ4v) is 11.2. The molecule has 0 amide bonds. The molecule has 0 saturated heterocycles. The normalized spacial score (nSPS) is 12.7. The lowest BCUT2D eigenvalue weighted by Gasteiger charge is -2.32. The molecule has 5 nitrogen and oxygen atoms in total. The van der Waals surface area contributed by atoms with E-state index in [9.17, 15) is 0 Å². The number of hydrogen-bond donors (Lipinski definition) is 0. The van der Waals surface area contributed by atoms with Crippen molar-refractivity contribution in [2.45, 2.75) is 5.41 Å². The van der Waals surface area contributed by atoms with Crippen LogP contribution in [0.25, 0.3) is 89.4 Å². The Morgan fingerprint density at radius 2 is 0.543 bits per heavy atom. The summed E-state index contributed by atoms with van der Waals surface area (Å²) < 4.78 is 0. The molecule has 1 spiro atoms. The van der Waals surface area contributed by atoms with Crippen LogP contribution in [0.1, 0.15) is 22.3 Å². The lowest BCUT2D eigenvalue weighted by Crippen LogP contribution is -2.26. The predicted molar refractivity (Wildman–Crippen MR) is 285 cm³/mol. The zero-order valence-corrected chi connectivity index (χ0v) is 37.9. The molecule has 0 N–H and O–H groups in total. The maximum absolute atomic E-state index is 5.25. The zero-order valence-electron chi connectivity index (χ0n) is 37.9. The Balaban J connectivity index is 0.958. The van der Waals surface area contributed by atoms with Gasteiger partial charge in [0.25, 0.3) is 0 Å². The van der Waals surface area contributed by atoms with E-state index in [0.29, 0.717) is 0 Å². The highest BCUT2D eigenvalue weighted by atomic mass is 15.1. The topological polar surface area (TPSA) is 54.8 Å². The van der Waals surface area contributed by atoms with Gasteiger partial charge in [-0.05, 0) is 105 Å². The van der Waals surface area contributed by atoms with Crippen LogP contribution in [-0.4, -0.2) is 19.9 Å². The third-order valence-electron chi connectivity index (χ3n) is 14.3.